The molecule has 0 aliphatic heterocycles. The molecule has 0 spiro atoms. The molecule has 0 bridgehead atoms. The van der Waals surface area contributed by atoms with Gasteiger partial charge in [-0.2, -0.15) is 4.68 Å². The van der Waals surface area contributed by atoms with Crippen LogP contribution in [0, 0.1) is 0 Å². The van der Waals surface area contributed by atoms with Crippen LogP contribution in [0.1, 0.15) is 69.6 Å². The number of aromatic nitrogens is 3. The van der Waals surface area contributed by atoms with E-state index in [-0.39, 0.29) is 23.7 Å². The number of carbonyl (C=O) groups is 1. The van der Waals surface area contributed by atoms with E-state index in [1.165, 1.54) is 9.25 Å². The maximum Gasteiger partial charge on any atom is 0.350 e. The first-order valence-corrected chi connectivity index (χ1v) is 10.8. The standard InChI is InChI=1S/C22H35N5O3/c1-7-11-15(4)30-20-17(21(28)24-16(8-2)9-3)12-10-13-18(20)27-22(29)26(6)19(25-27)14-23-5/h10,12-13,15-16,23H,7-9,11,14H2,1-6H3,(H,24,28)/t15-/m0/s1. The number of nitrogens with one attached hydrogen (secondary N) is 2. The first-order valence-electron chi connectivity index (χ1n) is 10.8. The van der Waals surface area contributed by atoms with Crippen LogP contribution in [0.25, 0.3) is 5.69 Å². The van der Waals surface area contributed by atoms with Crippen molar-refractivity contribution in [2.24, 2.45) is 7.05 Å². The molecule has 1 atom stereocenters. The molecule has 1 aromatic carbocycles. The molecular formula is C22H35N5O3. The van der Waals surface area contributed by atoms with Crippen molar-refractivity contribution in [1.29, 1.82) is 0 Å². The first kappa shape index (κ1) is 23.7. The van der Waals surface area contributed by atoms with Crippen molar-refractivity contribution < 1.29 is 9.53 Å². The molecule has 2 rings (SSSR count). The smallest absolute Gasteiger partial charge is 0.350 e. The van der Waals surface area contributed by atoms with Gasteiger partial charge in [0.05, 0.1) is 18.2 Å². The first-order chi connectivity index (χ1) is 14.4. The summed E-state index contributed by atoms with van der Waals surface area (Å²) in [6, 6.07) is 5.34. The molecule has 2 N–H and O–H groups in total. The van der Waals surface area contributed by atoms with Crippen molar-refractivity contribution >= 4 is 5.91 Å². The summed E-state index contributed by atoms with van der Waals surface area (Å²) in [5.74, 6) is 0.781. The van der Waals surface area contributed by atoms with Gasteiger partial charge in [0.2, 0.25) is 0 Å². The zero-order valence-corrected chi connectivity index (χ0v) is 19.0. The number of ether oxygens (including phenoxy) is 1. The van der Waals surface area contributed by atoms with Crippen LogP contribution in [0.15, 0.2) is 23.0 Å². The number of para-hydroxylation sites is 1. The average Bonchev–Trinajstić information content (AvgIpc) is 3.01. The Bertz CT molecular complexity index is 899. The van der Waals surface area contributed by atoms with Gasteiger partial charge in [0.1, 0.15) is 11.5 Å². The largest absolute Gasteiger partial charge is 0.488 e. The second-order valence-corrected chi connectivity index (χ2v) is 7.56. The van der Waals surface area contributed by atoms with Crippen LogP contribution >= 0.6 is 0 Å². The number of amides is 1. The number of carbonyl (C=O) groups excluding carboxylic acids is 1. The molecule has 0 radical (unpaired) electrons. The van der Waals surface area contributed by atoms with Crippen molar-refractivity contribution in [3.63, 3.8) is 0 Å². The highest BCUT2D eigenvalue weighted by atomic mass is 16.5. The number of benzene rings is 1. The summed E-state index contributed by atoms with van der Waals surface area (Å²) in [7, 11) is 3.48. The van der Waals surface area contributed by atoms with E-state index in [4.69, 9.17) is 4.74 Å². The molecule has 1 aromatic heterocycles. The molecule has 8 heteroatoms. The Kier molecular flexibility index (Phi) is 8.65. The molecule has 0 unspecified atom stereocenters. The van der Waals surface area contributed by atoms with E-state index in [0.717, 1.165) is 25.7 Å². The SMILES string of the molecule is CCC[C@H](C)Oc1c(C(=O)NC(CC)CC)cccc1-n1nc(CNC)n(C)c1=O. The molecule has 2 aromatic rings. The monoisotopic (exact) mass is 417 g/mol. The van der Waals surface area contributed by atoms with Crippen molar-refractivity contribution in [2.45, 2.75) is 72.1 Å². The predicted octanol–water partition coefficient (Wildman–Crippen LogP) is 2.78. The van der Waals surface area contributed by atoms with Gasteiger partial charge in [0.25, 0.3) is 5.91 Å². The number of hydrogen-bond donors (Lipinski definition) is 2. The van der Waals surface area contributed by atoms with Crippen LogP contribution in [-0.4, -0.2) is 39.4 Å². The van der Waals surface area contributed by atoms with Crippen molar-refractivity contribution in [3.8, 4) is 11.4 Å². The summed E-state index contributed by atoms with van der Waals surface area (Å²) in [4.78, 5) is 25.9. The van der Waals surface area contributed by atoms with Gasteiger partial charge >= 0.3 is 5.69 Å². The fourth-order valence-electron chi connectivity index (χ4n) is 3.36. The van der Waals surface area contributed by atoms with Crippen LogP contribution in [0.3, 0.4) is 0 Å². The normalized spacial score (nSPS) is 12.2. The molecular weight excluding hydrogens is 382 g/mol. The average molecular weight is 418 g/mol. The summed E-state index contributed by atoms with van der Waals surface area (Å²) < 4.78 is 9.03. The van der Waals surface area contributed by atoms with Gasteiger partial charge in [-0.15, -0.1) is 5.10 Å². The van der Waals surface area contributed by atoms with Crippen molar-refractivity contribution in [3.05, 3.63) is 40.1 Å². The fourth-order valence-corrected chi connectivity index (χ4v) is 3.36. The highest BCUT2D eigenvalue weighted by Crippen LogP contribution is 2.29. The maximum absolute atomic E-state index is 13.1. The topological polar surface area (TPSA) is 90.2 Å². The summed E-state index contributed by atoms with van der Waals surface area (Å²) in [6.45, 7) is 8.59. The number of hydrogen-bond acceptors (Lipinski definition) is 5. The predicted molar refractivity (Wildman–Crippen MR) is 118 cm³/mol. The minimum Gasteiger partial charge on any atom is -0.488 e. The lowest BCUT2D eigenvalue weighted by Gasteiger charge is -2.21. The van der Waals surface area contributed by atoms with Gasteiger partial charge in [0, 0.05) is 13.1 Å². The minimum absolute atomic E-state index is 0.0851. The minimum atomic E-state index is -0.286. The van der Waals surface area contributed by atoms with Crippen molar-refractivity contribution in [1.82, 2.24) is 25.0 Å². The van der Waals surface area contributed by atoms with Gasteiger partial charge in [-0.3, -0.25) is 9.36 Å². The van der Waals surface area contributed by atoms with Crippen LogP contribution in [0.5, 0.6) is 5.75 Å². The van der Waals surface area contributed by atoms with Gasteiger partial charge in [-0.25, -0.2) is 4.79 Å². The number of rotatable bonds is 11. The van der Waals surface area contributed by atoms with Gasteiger partial charge in [0.15, 0.2) is 5.75 Å². The van der Waals surface area contributed by atoms with Gasteiger partial charge in [-0.1, -0.05) is 33.3 Å². The Labute approximate surface area is 178 Å². The summed E-state index contributed by atoms with van der Waals surface area (Å²) >= 11 is 0. The van der Waals surface area contributed by atoms with E-state index in [1.807, 2.05) is 20.8 Å². The maximum atomic E-state index is 13.1. The third-order valence-corrected chi connectivity index (χ3v) is 5.21. The fraction of sp³-hybridized carbons (Fsp3) is 0.591. The lowest BCUT2D eigenvalue weighted by Crippen LogP contribution is -2.34. The van der Waals surface area contributed by atoms with E-state index >= 15 is 0 Å². The van der Waals surface area contributed by atoms with E-state index in [1.54, 1.807) is 32.3 Å². The van der Waals surface area contributed by atoms with E-state index in [2.05, 4.69) is 22.7 Å². The second kappa shape index (κ2) is 11.0. The molecule has 30 heavy (non-hydrogen) atoms. The van der Waals surface area contributed by atoms with Gasteiger partial charge < -0.3 is 15.4 Å². The Morgan fingerprint density at radius 2 is 1.93 bits per heavy atom. The molecule has 1 heterocycles. The Morgan fingerprint density at radius 1 is 1.23 bits per heavy atom. The van der Waals surface area contributed by atoms with Crippen LogP contribution in [0.4, 0.5) is 0 Å². The molecule has 166 valence electrons. The highest BCUT2D eigenvalue weighted by molar-refractivity contribution is 5.98. The molecule has 0 saturated carbocycles. The summed E-state index contributed by atoms with van der Waals surface area (Å²) in [5.41, 5.74) is 0.596. The molecule has 0 aliphatic carbocycles. The molecule has 1 amide bonds. The summed E-state index contributed by atoms with van der Waals surface area (Å²) in [5, 5.41) is 10.5. The quantitative estimate of drug-likeness (QED) is 0.587. The van der Waals surface area contributed by atoms with Crippen LogP contribution < -0.4 is 21.1 Å². The highest BCUT2D eigenvalue weighted by Gasteiger charge is 2.23. The molecule has 0 aliphatic rings. The third-order valence-electron chi connectivity index (χ3n) is 5.21. The molecule has 0 fully saturated rings. The zero-order chi connectivity index (χ0) is 22.3. The third kappa shape index (κ3) is 5.30. The van der Waals surface area contributed by atoms with E-state index < -0.39 is 0 Å². The number of nitrogens with zero attached hydrogens (tertiary/aromatic N) is 3. The Hall–Kier alpha value is -2.61. The summed E-state index contributed by atoms with van der Waals surface area (Å²) in [6.07, 6.45) is 3.37. The lowest BCUT2D eigenvalue weighted by molar-refractivity contribution is 0.0927. The molecule has 0 saturated heterocycles. The Balaban J connectivity index is 2.59. The zero-order valence-electron chi connectivity index (χ0n) is 19.0. The lowest BCUT2D eigenvalue weighted by atomic mass is 10.1. The molecule has 8 nitrogen and oxygen atoms in total. The van der Waals surface area contributed by atoms with Crippen LogP contribution in [-0.2, 0) is 13.6 Å². The van der Waals surface area contributed by atoms with Gasteiger partial charge in [-0.05, 0) is 45.4 Å². The van der Waals surface area contributed by atoms with E-state index in [9.17, 15) is 9.59 Å². The van der Waals surface area contributed by atoms with E-state index in [0.29, 0.717) is 29.4 Å². The van der Waals surface area contributed by atoms with Crippen LogP contribution in [0.2, 0.25) is 0 Å². The Morgan fingerprint density at radius 3 is 2.53 bits per heavy atom. The van der Waals surface area contributed by atoms with Crippen molar-refractivity contribution in [2.75, 3.05) is 7.05 Å². The second-order valence-electron chi connectivity index (χ2n) is 7.56.